The lowest BCUT2D eigenvalue weighted by Gasteiger charge is -2.09. The second-order valence-corrected chi connectivity index (χ2v) is 8.30. The minimum absolute atomic E-state index is 0.227. The van der Waals surface area contributed by atoms with Gasteiger partial charge in [-0.3, -0.25) is 9.48 Å². The molecule has 0 saturated carbocycles. The molecule has 1 aliphatic rings. The molecule has 5 rings (SSSR count). The number of carbonyl (C=O) groups is 1. The summed E-state index contributed by atoms with van der Waals surface area (Å²) in [7, 11) is 1.90. The molecule has 0 radical (unpaired) electrons. The number of imidazole rings is 1. The maximum atomic E-state index is 12.8. The Labute approximate surface area is 184 Å². The molecule has 3 aromatic heterocycles. The molecule has 0 spiro atoms. The van der Waals surface area contributed by atoms with Crippen molar-refractivity contribution in [2.75, 3.05) is 0 Å². The molecule has 0 atom stereocenters. The molecule has 1 amide bonds. The smallest absolute Gasteiger partial charge is 0.287 e. The monoisotopic (exact) mass is 435 g/mol. The van der Waals surface area contributed by atoms with Crippen LogP contribution in [0.25, 0.3) is 11.3 Å². The zero-order valence-electron chi connectivity index (χ0n) is 17.4. The van der Waals surface area contributed by atoms with Gasteiger partial charge in [0, 0.05) is 42.0 Å². The van der Waals surface area contributed by atoms with Crippen LogP contribution >= 0.6 is 11.6 Å². The van der Waals surface area contributed by atoms with Crippen molar-refractivity contribution in [1.82, 2.24) is 24.6 Å². The quantitative estimate of drug-likeness (QED) is 0.515. The first-order valence-corrected chi connectivity index (χ1v) is 10.5. The lowest BCUT2D eigenvalue weighted by atomic mass is 9.93. The van der Waals surface area contributed by atoms with Crippen molar-refractivity contribution in [3.8, 4) is 11.3 Å². The fourth-order valence-corrected chi connectivity index (χ4v) is 4.17. The standard InChI is InChI=1S/C23H22ClN5O2/c1-14-20-19(31-22(14)23(30)26-10-18-9-25-13-28(18)2)8-5-16-12-29(27-21(16)20)11-15-3-6-17(24)7-4-15/h3-4,6-7,9,12-13H,5,8,10-11H2,1-2H3,(H,26,30). The van der Waals surface area contributed by atoms with Crippen LogP contribution in [0.1, 0.15) is 38.7 Å². The molecule has 1 N–H and O–H groups in total. The predicted molar refractivity (Wildman–Crippen MR) is 117 cm³/mol. The molecule has 1 aliphatic carbocycles. The number of amides is 1. The molecule has 4 aromatic rings. The fraction of sp³-hybridized carbons (Fsp3) is 0.261. The molecule has 0 aliphatic heterocycles. The van der Waals surface area contributed by atoms with Gasteiger partial charge < -0.3 is 14.3 Å². The maximum absolute atomic E-state index is 12.8. The van der Waals surface area contributed by atoms with E-state index in [1.54, 1.807) is 12.5 Å². The molecule has 158 valence electrons. The maximum Gasteiger partial charge on any atom is 0.287 e. The van der Waals surface area contributed by atoms with Gasteiger partial charge in [-0.05, 0) is 36.6 Å². The van der Waals surface area contributed by atoms with E-state index < -0.39 is 0 Å². The third kappa shape index (κ3) is 3.65. The Hall–Kier alpha value is -3.32. The first-order valence-electron chi connectivity index (χ1n) is 10.2. The Morgan fingerprint density at radius 3 is 2.81 bits per heavy atom. The van der Waals surface area contributed by atoms with Crippen LogP contribution in [0.5, 0.6) is 0 Å². The predicted octanol–water partition coefficient (Wildman–Crippen LogP) is 3.92. The van der Waals surface area contributed by atoms with Gasteiger partial charge in [0.15, 0.2) is 5.76 Å². The lowest BCUT2D eigenvalue weighted by molar-refractivity contribution is 0.0919. The van der Waals surface area contributed by atoms with E-state index in [1.165, 1.54) is 5.56 Å². The molecule has 7 nitrogen and oxygen atoms in total. The summed E-state index contributed by atoms with van der Waals surface area (Å²) in [6.07, 6.45) is 7.12. The van der Waals surface area contributed by atoms with Crippen molar-refractivity contribution < 1.29 is 9.21 Å². The summed E-state index contributed by atoms with van der Waals surface area (Å²) in [5.41, 5.74) is 5.90. The number of nitrogens with one attached hydrogen (secondary N) is 1. The molecule has 3 heterocycles. The summed E-state index contributed by atoms with van der Waals surface area (Å²) < 4.78 is 9.81. The van der Waals surface area contributed by atoms with Crippen molar-refractivity contribution in [3.63, 3.8) is 0 Å². The zero-order valence-corrected chi connectivity index (χ0v) is 18.1. The Balaban J connectivity index is 1.39. The van der Waals surface area contributed by atoms with Gasteiger partial charge in [0.1, 0.15) is 5.76 Å². The average Bonchev–Trinajstić information content (AvgIpc) is 3.44. The fourth-order valence-electron chi connectivity index (χ4n) is 4.04. The van der Waals surface area contributed by atoms with Crippen LogP contribution in [0.15, 0.2) is 47.4 Å². The van der Waals surface area contributed by atoms with Gasteiger partial charge in [-0.2, -0.15) is 5.10 Å². The number of hydrogen-bond acceptors (Lipinski definition) is 4. The van der Waals surface area contributed by atoms with Crippen LogP contribution < -0.4 is 5.32 Å². The normalized spacial score (nSPS) is 12.5. The largest absolute Gasteiger partial charge is 0.455 e. The van der Waals surface area contributed by atoms with Crippen LogP contribution in [-0.4, -0.2) is 25.2 Å². The third-order valence-corrected chi connectivity index (χ3v) is 5.98. The van der Waals surface area contributed by atoms with E-state index in [2.05, 4.69) is 16.5 Å². The summed E-state index contributed by atoms with van der Waals surface area (Å²) >= 11 is 5.99. The number of furan rings is 1. The Kier molecular flexibility index (Phi) is 4.90. The van der Waals surface area contributed by atoms with Gasteiger partial charge in [-0.25, -0.2) is 4.98 Å². The van der Waals surface area contributed by atoms with Crippen LogP contribution in [0, 0.1) is 6.92 Å². The number of rotatable bonds is 5. The van der Waals surface area contributed by atoms with E-state index in [4.69, 9.17) is 21.1 Å². The van der Waals surface area contributed by atoms with Gasteiger partial charge in [-0.15, -0.1) is 0 Å². The first-order chi connectivity index (χ1) is 15.0. The van der Waals surface area contributed by atoms with E-state index in [-0.39, 0.29) is 5.91 Å². The van der Waals surface area contributed by atoms with Crippen LogP contribution in [-0.2, 0) is 33.0 Å². The molecular weight excluding hydrogens is 414 g/mol. The van der Waals surface area contributed by atoms with E-state index in [0.717, 1.165) is 51.7 Å². The summed E-state index contributed by atoms with van der Waals surface area (Å²) in [6, 6.07) is 7.77. The van der Waals surface area contributed by atoms with E-state index in [9.17, 15) is 4.79 Å². The first kappa shape index (κ1) is 19.6. The topological polar surface area (TPSA) is 77.9 Å². The van der Waals surface area contributed by atoms with E-state index in [0.29, 0.717) is 18.8 Å². The summed E-state index contributed by atoms with van der Waals surface area (Å²) in [6.45, 7) is 2.98. The van der Waals surface area contributed by atoms with Crippen LogP contribution in [0.2, 0.25) is 5.02 Å². The summed E-state index contributed by atoms with van der Waals surface area (Å²) in [5.74, 6) is 0.954. The lowest BCUT2D eigenvalue weighted by Crippen LogP contribution is -2.24. The van der Waals surface area contributed by atoms with Gasteiger partial charge in [0.05, 0.1) is 30.8 Å². The van der Waals surface area contributed by atoms with E-state index in [1.807, 2.05) is 47.5 Å². The minimum atomic E-state index is -0.227. The molecule has 0 fully saturated rings. The second-order valence-electron chi connectivity index (χ2n) is 7.86. The highest BCUT2D eigenvalue weighted by Gasteiger charge is 2.29. The molecular formula is C23H22ClN5O2. The summed E-state index contributed by atoms with van der Waals surface area (Å²) in [4.78, 5) is 16.9. The number of hydrogen-bond donors (Lipinski definition) is 1. The zero-order chi connectivity index (χ0) is 21.5. The molecule has 1 aromatic carbocycles. The minimum Gasteiger partial charge on any atom is -0.455 e. The number of nitrogens with zero attached hydrogens (tertiary/aromatic N) is 4. The second kappa shape index (κ2) is 7.74. The highest BCUT2D eigenvalue weighted by Crippen LogP contribution is 2.38. The van der Waals surface area contributed by atoms with Gasteiger partial charge in [0.2, 0.25) is 0 Å². The Morgan fingerprint density at radius 1 is 1.26 bits per heavy atom. The van der Waals surface area contributed by atoms with Crippen molar-refractivity contribution in [1.29, 1.82) is 0 Å². The highest BCUT2D eigenvalue weighted by molar-refractivity contribution is 6.30. The third-order valence-electron chi connectivity index (χ3n) is 5.73. The highest BCUT2D eigenvalue weighted by atomic mass is 35.5. The number of carbonyl (C=O) groups excluding carboxylic acids is 1. The molecule has 31 heavy (non-hydrogen) atoms. The SMILES string of the molecule is Cc1c(C(=O)NCc2cncn2C)oc2c1-c1nn(Cc3ccc(Cl)cc3)cc1CC2. The van der Waals surface area contributed by atoms with Gasteiger partial charge in [0.25, 0.3) is 5.91 Å². The van der Waals surface area contributed by atoms with Crippen molar-refractivity contribution in [2.45, 2.75) is 32.9 Å². The number of benzene rings is 1. The molecule has 0 bridgehead atoms. The van der Waals surface area contributed by atoms with Crippen molar-refractivity contribution >= 4 is 17.5 Å². The molecule has 0 unspecified atom stereocenters. The van der Waals surface area contributed by atoms with E-state index >= 15 is 0 Å². The Morgan fingerprint density at radius 2 is 2.06 bits per heavy atom. The van der Waals surface area contributed by atoms with Crippen molar-refractivity contribution in [2.24, 2.45) is 7.05 Å². The number of halogens is 1. The number of aromatic nitrogens is 4. The molecule has 8 heteroatoms. The van der Waals surface area contributed by atoms with Crippen molar-refractivity contribution in [3.05, 3.63) is 81.9 Å². The van der Waals surface area contributed by atoms with Gasteiger partial charge in [-0.1, -0.05) is 23.7 Å². The molecule has 0 saturated heterocycles. The number of fused-ring (bicyclic) bond motifs is 3. The van der Waals surface area contributed by atoms with Crippen LogP contribution in [0.4, 0.5) is 0 Å². The van der Waals surface area contributed by atoms with Crippen LogP contribution in [0.3, 0.4) is 0 Å². The number of aryl methyl sites for hydroxylation is 3. The summed E-state index contributed by atoms with van der Waals surface area (Å²) in [5, 5.41) is 8.47. The average molecular weight is 436 g/mol. The van der Waals surface area contributed by atoms with Gasteiger partial charge >= 0.3 is 0 Å². The Bertz CT molecular complexity index is 1270.